The molecule has 7 aromatic carbocycles. The van der Waals surface area contributed by atoms with Gasteiger partial charge in [0, 0.05) is 37.9 Å². The van der Waals surface area contributed by atoms with E-state index in [0.29, 0.717) is 0 Å². The monoisotopic (exact) mass is 594 g/mol. The standard InChI is InChI=1S/C42H27ClN2/c43-31-25-29(28-22-23-36-35-16-7-9-19-38(35)45(41(36)27-28)33-14-5-2-6-15-33)24-30(26-31)34-18-11-21-40-42(34)37-17-8-10-20-39(37)44(40)32-12-3-1-4-13-32/h1-27H. The number of rotatable bonds is 4. The van der Waals surface area contributed by atoms with Crippen LogP contribution in [-0.4, -0.2) is 9.13 Å². The Labute approximate surface area is 266 Å². The van der Waals surface area contributed by atoms with Gasteiger partial charge in [-0.15, -0.1) is 0 Å². The first kappa shape index (κ1) is 25.9. The van der Waals surface area contributed by atoms with E-state index in [9.17, 15) is 0 Å². The van der Waals surface area contributed by atoms with Gasteiger partial charge in [-0.2, -0.15) is 0 Å². The minimum absolute atomic E-state index is 0.718. The first-order valence-electron chi connectivity index (χ1n) is 15.2. The number of hydrogen-bond acceptors (Lipinski definition) is 0. The van der Waals surface area contributed by atoms with Gasteiger partial charge in [0.25, 0.3) is 0 Å². The molecule has 0 spiro atoms. The molecule has 2 heterocycles. The first-order chi connectivity index (χ1) is 22.2. The van der Waals surface area contributed by atoms with E-state index in [4.69, 9.17) is 11.6 Å². The van der Waals surface area contributed by atoms with Crippen molar-refractivity contribution in [1.82, 2.24) is 9.13 Å². The molecule has 0 bridgehead atoms. The molecule has 0 aliphatic rings. The zero-order valence-corrected chi connectivity index (χ0v) is 25.1. The second-order valence-corrected chi connectivity index (χ2v) is 12.0. The Bertz CT molecular complexity index is 2540. The average Bonchev–Trinajstić information content (AvgIpc) is 3.61. The third-order valence-corrected chi connectivity index (χ3v) is 9.16. The minimum Gasteiger partial charge on any atom is -0.309 e. The molecule has 9 rings (SSSR count). The molecule has 9 aromatic rings. The van der Waals surface area contributed by atoms with Crippen molar-refractivity contribution < 1.29 is 0 Å². The zero-order chi connectivity index (χ0) is 29.9. The Morgan fingerprint density at radius 2 is 0.911 bits per heavy atom. The molecule has 2 nitrogen and oxygen atoms in total. The van der Waals surface area contributed by atoms with Crippen LogP contribution in [0.15, 0.2) is 164 Å². The highest BCUT2D eigenvalue weighted by Crippen LogP contribution is 2.41. The van der Waals surface area contributed by atoms with Gasteiger partial charge in [-0.1, -0.05) is 109 Å². The van der Waals surface area contributed by atoms with Crippen LogP contribution in [0.25, 0.3) is 77.2 Å². The van der Waals surface area contributed by atoms with Crippen molar-refractivity contribution in [3.8, 4) is 33.6 Å². The molecule has 0 radical (unpaired) electrons. The predicted octanol–water partition coefficient (Wildman–Crippen LogP) is 11.9. The van der Waals surface area contributed by atoms with Gasteiger partial charge < -0.3 is 9.13 Å². The van der Waals surface area contributed by atoms with E-state index in [1.165, 1.54) is 49.2 Å². The Hall–Kier alpha value is -5.57. The second-order valence-electron chi connectivity index (χ2n) is 11.5. The Morgan fingerprint density at radius 1 is 0.356 bits per heavy atom. The number of benzene rings is 7. The summed E-state index contributed by atoms with van der Waals surface area (Å²) in [6.07, 6.45) is 0. The van der Waals surface area contributed by atoms with Crippen LogP contribution in [0, 0.1) is 0 Å². The summed E-state index contributed by atoms with van der Waals surface area (Å²) in [4.78, 5) is 0. The minimum atomic E-state index is 0.718. The highest BCUT2D eigenvalue weighted by Gasteiger charge is 2.18. The SMILES string of the molecule is Clc1cc(-c2ccc3c4ccccc4n(-c4ccccc4)c3c2)cc(-c2cccc3c2c2ccccc2n3-c2ccccc2)c1. The zero-order valence-electron chi connectivity index (χ0n) is 24.4. The van der Waals surface area contributed by atoms with Crippen molar-refractivity contribution in [2.24, 2.45) is 0 Å². The summed E-state index contributed by atoms with van der Waals surface area (Å²) in [6.45, 7) is 0. The molecule has 0 saturated heterocycles. The molecule has 0 N–H and O–H groups in total. The number of aromatic nitrogens is 2. The summed E-state index contributed by atoms with van der Waals surface area (Å²) < 4.78 is 4.72. The van der Waals surface area contributed by atoms with Crippen LogP contribution in [0.4, 0.5) is 0 Å². The van der Waals surface area contributed by atoms with Gasteiger partial charge in [-0.25, -0.2) is 0 Å². The quantitative estimate of drug-likeness (QED) is 0.192. The van der Waals surface area contributed by atoms with E-state index >= 15 is 0 Å². The van der Waals surface area contributed by atoms with Crippen molar-refractivity contribution in [3.05, 3.63) is 169 Å². The van der Waals surface area contributed by atoms with Crippen LogP contribution in [0.5, 0.6) is 0 Å². The average molecular weight is 595 g/mol. The fourth-order valence-corrected chi connectivity index (χ4v) is 7.27. The van der Waals surface area contributed by atoms with Crippen LogP contribution in [0.2, 0.25) is 5.02 Å². The van der Waals surface area contributed by atoms with Crippen molar-refractivity contribution in [2.75, 3.05) is 0 Å². The van der Waals surface area contributed by atoms with E-state index in [1.54, 1.807) is 0 Å². The van der Waals surface area contributed by atoms with E-state index in [2.05, 4.69) is 173 Å². The Morgan fingerprint density at radius 3 is 1.64 bits per heavy atom. The van der Waals surface area contributed by atoms with Gasteiger partial charge >= 0.3 is 0 Å². The maximum atomic E-state index is 6.92. The number of para-hydroxylation sites is 4. The van der Waals surface area contributed by atoms with Crippen molar-refractivity contribution in [1.29, 1.82) is 0 Å². The molecule has 0 amide bonds. The highest BCUT2D eigenvalue weighted by molar-refractivity contribution is 6.31. The van der Waals surface area contributed by atoms with Gasteiger partial charge in [0.1, 0.15) is 0 Å². The summed E-state index contributed by atoms with van der Waals surface area (Å²) >= 11 is 6.92. The largest absolute Gasteiger partial charge is 0.309 e. The predicted molar refractivity (Wildman–Crippen MR) is 191 cm³/mol. The van der Waals surface area contributed by atoms with E-state index in [0.717, 1.165) is 33.1 Å². The Balaban J connectivity index is 1.27. The van der Waals surface area contributed by atoms with Crippen LogP contribution >= 0.6 is 11.6 Å². The topological polar surface area (TPSA) is 9.86 Å². The van der Waals surface area contributed by atoms with Crippen molar-refractivity contribution in [2.45, 2.75) is 0 Å². The molecule has 212 valence electrons. The van der Waals surface area contributed by atoms with Crippen LogP contribution in [0.3, 0.4) is 0 Å². The molecule has 0 fully saturated rings. The fraction of sp³-hybridized carbons (Fsp3) is 0. The summed E-state index contributed by atoms with van der Waals surface area (Å²) in [6, 6.07) is 58.3. The number of nitrogens with zero attached hydrogens (tertiary/aromatic N) is 2. The lowest BCUT2D eigenvalue weighted by atomic mass is 9.95. The summed E-state index contributed by atoms with van der Waals surface area (Å²) in [5.41, 5.74) is 11.5. The number of halogens is 1. The highest BCUT2D eigenvalue weighted by atomic mass is 35.5. The summed E-state index contributed by atoms with van der Waals surface area (Å²) in [7, 11) is 0. The number of hydrogen-bond donors (Lipinski definition) is 0. The third kappa shape index (κ3) is 4.11. The second kappa shape index (κ2) is 10.3. The lowest BCUT2D eigenvalue weighted by Gasteiger charge is -2.12. The third-order valence-electron chi connectivity index (χ3n) is 8.94. The maximum Gasteiger partial charge on any atom is 0.0547 e. The van der Waals surface area contributed by atoms with Gasteiger partial charge in [0.15, 0.2) is 0 Å². The molecular formula is C42H27ClN2. The van der Waals surface area contributed by atoms with Crippen LogP contribution in [0.1, 0.15) is 0 Å². The van der Waals surface area contributed by atoms with Gasteiger partial charge in [-0.05, 0) is 89.0 Å². The molecule has 45 heavy (non-hydrogen) atoms. The van der Waals surface area contributed by atoms with Gasteiger partial charge in [-0.3, -0.25) is 0 Å². The fourth-order valence-electron chi connectivity index (χ4n) is 7.03. The van der Waals surface area contributed by atoms with E-state index < -0.39 is 0 Å². The van der Waals surface area contributed by atoms with Crippen molar-refractivity contribution in [3.63, 3.8) is 0 Å². The van der Waals surface area contributed by atoms with Crippen molar-refractivity contribution >= 4 is 55.2 Å². The molecule has 0 unspecified atom stereocenters. The van der Waals surface area contributed by atoms with E-state index in [-0.39, 0.29) is 0 Å². The smallest absolute Gasteiger partial charge is 0.0547 e. The molecule has 0 atom stereocenters. The molecule has 2 aromatic heterocycles. The van der Waals surface area contributed by atoms with Crippen LogP contribution in [-0.2, 0) is 0 Å². The maximum absolute atomic E-state index is 6.92. The molecular weight excluding hydrogens is 568 g/mol. The Kier molecular flexibility index (Phi) is 5.90. The summed E-state index contributed by atoms with van der Waals surface area (Å²) in [5.74, 6) is 0. The lowest BCUT2D eigenvalue weighted by Crippen LogP contribution is -1.93. The van der Waals surface area contributed by atoms with Gasteiger partial charge in [0.2, 0.25) is 0 Å². The molecule has 0 saturated carbocycles. The molecule has 3 heteroatoms. The number of fused-ring (bicyclic) bond motifs is 6. The molecule has 0 aliphatic carbocycles. The summed E-state index contributed by atoms with van der Waals surface area (Å²) in [5, 5.41) is 5.65. The van der Waals surface area contributed by atoms with Crippen LogP contribution < -0.4 is 0 Å². The van der Waals surface area contributed by atoms with Gasteiger partial charge in [0.05, 0.1) is 22.1 Å². The first-order valence-corrected chi connectivity index (χ1v) is 15.6. The normalized spacial score (nSPS) is 11.7. The lowest BCUT2D eigenvalue weighted by molar-refractivity contribution is 1.18. The molecule has 0 aliphatic heterocycles. The van der Waals surface area contributed by atoms with E-state index in [1.807, 2.05) is 0 Å².